The summed E-state index contributed by atoms with van der Waals surface area (Å²) in [6, 6.07) is 4.63. The molecule has 0 N–H and O–H groups in total. The lowest BCUT2D eigenvalue weighted by atomic mass is 10.2. The quantitative estimate of drug-likeness (QED) is 0.732. The van der Waals surface area contributed by atoms with Crippen molar-refractivity contribution in [2.75, 3.05) is 19.1 Å². The largest absolute Gasteiger partial charge is 0.478 e. The fourth-order valence-corrected chi connectivity index (χ4v) is 1.97. The number of alkyl halides is 3. The Hall–Kier alpha value is -2.91. The number of hydrogen-bond donors (Lipinski definition) is 0. The normalized spacial score (nSPS) is 11.7. The van der Waals surface area contributed by atoms with Gasteiger partial charge in [0, 0.05) is 12.7 Å². The van der Waals surface area contributed by atoms with Gasteiger partial charge in [-0.05, 0) is 34.6 Å². The van der Waals surface area contributed by atoms with Crippen LogP contribution in [0, 0.1) is 0 Å². The molecule has 2 heterocycles. The topological polar surface area (TPSA) is 77.2 Å². The molecular weight excluding hydrogens is 315 g/mol. The number of aromatic nitrogens is 4. The van der Waals surface area contributed by atoms with Gasteiger partial charge in [0.15, 0.2) is 5.82 Å². The molecule has 0 unspecified atom stereocenters. The molecule has 10 heteroatoms. The summed E-state index contributed by atoms with van der Waals surface area (Å²) in [6.07, 6.45) is -4.39. The van der Waals surface area contributed by atoms with Crippen molar-refractivity contribution in [3.8, 4) is 5.88 Å². The zero-order chi connectivity index (χ0) is 16.6. The first-order valence-electron chi connectivity index (χ1n) is 6.35. The SMILES string of the molecule is COc1nc2nonc2nc1N(C)c1ccc(C(F)(F)F)cc1. The van der Waals surface area contributed by atoms with Crippen molar-refractivity contribution >= 4 is 22.8 Å². The van der Waals surface area contributed by atoms with Crippen LogP contribution in [0.4, 0.5) is 24.7 Å². The molecule has 3 aromatic rings. The number of benzene rings is 1. The van der Waals surface area contributed by atoms with Crippen molar-refractivity contribution in [2.45, 2.75) is 6.18 Å². The summed E-state index contributed by atoms with van der Waals surface area (Å²) < 4.78 is 47.5. The molecule has 23 heavy (non-hydrogen) atoms. The third kappa shape index (κ3) is 2.74. The molecule has 0 radical (unpaired) electrons. The summed E-state index contributed by atoms with van der Waals surface area (Å²) >= 11 is 0. The molecule has 7 nitrogen and oxygen atoms in total. The van der Waals surface area contributed by atoms with Crippen LogP contribution in [0.3, 0.4) is 0 Å². The Balaban J connectivity index is 2.00. The van der Waals surface area contributed by atoms with Crippen molar-refractivity contribution in [3.63, 3.8) is 0 Å². The van der Waals surface area contributed by atoms with E-state index in [0.717, 1.165) is 12.1 Å². The molecule has 0 aliphatic carbocycles. The molecule has 2 aromatic heterocycles. The fraction of sp³-hybridized carbons (Fsp3) is 0.231. The van der Waals surface area contributed by atoms with Gasteiger partial charge in [-0.2, -0.15) is 23.1 Å². The van der Waals surface area contributed by atoms with Crippen molar-refractivity contribution in [3.05, 3.63) is 29.8 Å². The van der Waals surface area contributed by atoms with Crippen molar-refractivity contribution in [2.24, 2.45) is 0 Å². The van der Waals surface area contributed by atoms with Crippen LogP contribution in [0.2, 0.25) is 0 Å². The van der Waals surface area contributed by atoms with Gasteiger partial charge in [0.2, 0.25) is 11.3 Å². The van der Waals surface area contributed by atoms with E-state index in [4.69, 9.17) is 4.74 Å². The maximum Gasteiger partial charge on any atom is 0.416 e. The monoisotopic (exact) mass is 325 g/mol. The van der Waals surface area contributed by atoms with Crippen LogP contribution in [0.1, 0.15) is 5.56 Å². The molecule has 120 valence electrons. The summed E-state index contributed by atoms with van der Waals surface area (Å²) in [5, 5.41) is 7.14. The number of halogens is 3. The van der Waals surface area contributed by atoms with Gasteiger partial charge >= 0.3 is 6.18 Å². The summed E-state index contributed by atoms with van der Waals surface area (Å²) in [7, 11) is 3.02. The smallest absolute Gasteiger partial charge is 0.416 e. The third-order valence-corrected chi connectivity index (χ3v) is 3.16. The first-order valence-corrected chi connectivity index (χ1v) is 6.35. The molecule has 0 fully saturated rings. The molecule has 1 aromatic carbocycles. The van der Waals surface area contributed by atoms with E-state index in [0.29, 0.717) is 5.69 Å². The fourth-order valence-electron chi connectivity index (χ4n) is 1.97. The second-order valence-electron chi connectivity index (χ2n) is 4.57. The Morgan fingerprint density at radius 2 is 1.65 bits per heavy atom. The van der Waals surface area contributed by atoms with Crippen LogP contribution >= 0.6 is 0 Å². The maximum absolute atomic E-state index is 12.6. The maximum atomic E-state index is 12.6. The highest BCUT2D eigenvalue weighted by atomic mass is 19.4. The van der Waals surface area contributed by atoms with Crippen LogP contribution in [-0.2, 0) is 6.18 Å². The first-order chi connectivity index (χ1) is 10.9. The molecule has 3 rings (SSSR count). The van der Waals surface area contributed by atoms with Gasteiger partial charge < -0.3 is 9.64 Å². The minimum absolute atomic E-state index is 0.149. The van der Waals surface area contributed by atoms with Gasteiger partial charge in [0.1, 0.15) is 0 Å². The van der Waals surface area contributed by atoms with Crippen LogP contribution in [0.5, 0.6) is 5.88 Å². The molecular formula is C13H10F3N5O2. The van der Waals surface area contributed by atoms with E-state index in [1.54, 1.807) is 7.05 Å². The predicted octanol–water partition coefficient (Wildman–Crippen LogP) is 2.81. The van der Waals surface area contributed by atoms with E-state index >= 15 is 0 Å². The van der Waals surface area contributed by atoms with Crippen LogP contribution < -0.4 is 9.64 Å². The van der Waals surface area contributed by atoms with E-state index in [-0.39, 0.29) is 23.0 Å². The number of hydrogen-bond acceptors (Lipinski definition) is 7. The van der Waals surface area contributed by atoms with Crippen LogP contribution in [0.15, 0.2) is 28.9 Å². The summed E-state index contributed by atoms with van der Waals surface area (Å²) in [6.45, 7) is 0. The molecule has 0 aliphatic rings. The second kappa shape index (κ2) is 5.38. The van der Waals surface area contributed by atoms with E-state index in [2.05, 4.69) is 24.9 Å². The molecule has 0 saturated carbocycles. The van der Waals surface area contributed by atoms with Gasteiger partial charge in [0.25, 0.3) is 5.88 Å². The molecule has 0 spiro atoms. The zero-order valence-electron chi connectivity index (χ0n) is 12.0. The molecule has 0 bridgehead atoms. The molecule has 0 atom stereocenters. The lowest BCUT2D eigenvalue weighted by Crippen LogP contribution is -2.14. The highest BCUT2D eigenvalue weighted by molar-refractivity contribution is 5.72. The summed E-state index contributed by atoms with van der Waals surface area (Å²) in [5.41, 5.74) is 0.0798. The number of nitrogens with zero attached hydrogens (tertiary/aromatic N) is 5. The van der Waals surface area contributed by atoms with Gasteiger partial charge in [-0.25, -0.2) is 4.63 Å². The first kappa shape index (κ1) is 15.0. The van der Waals surface area contributed by atoms with E-state index < -0.39 is 11.7 Å². The van der Waals surface area contributed by atoms with Crippen molar-refractivity contribution in [1.82, 2.24) is 20.3 Å². The Labute approximate surface area is 127 Å². The van der Waals surface area contributed by atoms with Crippen LogP contribution in [0.25, 0.3) is 11.3 Å². The lowest BCUT2D eigenvalue weighted by Gasteiger charge is -2.20. The van der Waals surface area contributed by atoms with Gasteiger partial charge in [-0.15, -0.1) is 0 Å². The highest BCUT2D eigenvalue weighted by Gasteiger charge is 2.30. The molecule has 0 aliphatic heterocycles. The van der Waals surface area contributed by atoms with E-state index in [9.17, 15) is 13.2 Å². The Morgan fingerprint density at radius 1 is 1.04 bits per heavy atom. The number of anilines is 2. The van der Waals surface area contributed by atoms with Crippen molar-refractivity contribution in [1.29, 1.82) is 0 Å². The number of rotatable bonds is 3. The number of methoxy groups -OCH3 is 1. The molecule has 0 amide bonds. The Kier molecular flexibility index (Phi) is 3.51. The standard InChI is InChI=1S/C13H10F3N5O2/c1-21(8-5-3-7(4-6-8)13(14,15)16)11-12(22-2)18-10-9(17-11)19-23-20-10/h3-6H,1-2H3. The lowest BCUT2D eigenvalue weighted by molar-refractivity contribution is -0.137. The second-order valence-corrected chi connectivity index (χ2v) is 4.57. The highest BCUT2D eigenvalue weighted by Crippen LogP contribution is 2.33. The van der Waals surface area contributed by atoms with E-state index in [1.807, 2.05) is 0 Å². The minimum Gasteiger partial charge on any atom is -0.478 e. The van der Waals surface area contributed by atoms with E-state index in [1.165, 1.54) is 24.1 Å². The summed E-state index contributed by atoms with van der Waals surface area (Å²) in [5.74, 6) is 0.422. The Morgan fingerprint density at radius 3 is 2.22 bits per heavy atom. The van der Waals surface area contributed by atoms with Crippen molar-refractivity contribution < 1.29 is 22.5 Å². The zero-order valence-corrected chi connectivity index (χ0v) is 12.0. The minimum atomic E-state index is -4.39. The van der Waals surface area contributed by atoms with Gasteiger partial charge in [-0.3, -0.25) is 0 Å². The average Bonchev–Trinajstić information content (AvgIpc) is 2.99. The van der Waals surface area contributed by atoms with Crippen LogP contribution in [-0.4, -0.2) is 34.4 Å². The predicted molar refractivity (Wildman–Crippen MR) is 73.5 cm³/mol. The molecule has 0 saturated heterocycles. The summed E-state index contributed by atoms with van der Waals surface area (Å²) in [4.78, 5) is 9.81. The third-order valence-electron chi connectivity index (χ3n) is 3.16. The van der Waals surface area contributed by atoms with Gasteiger partial charge in [0.05, 0.1) is 12.7 Å². The van der Waals surface area contributed by atoms with Gasteiger partial charge in [-0.1, -0.05) is 0 Å². The Bertz CT molecular complexity index is 832. The number of ether oxygens (including phenoxy) is 1. The average molecular weight is 325 g/mol. The number of fused-ring (bicyclic) bond motifs is 1.